The number of hydrazone groups is 1. The van der Waals surface area contributed by atoms with Crippen LogP contribution in [0.15, 0.2) is 58.4 Å². The molecule has 24 heavy (non-hydrogen) atoms. The number of nitrogens with one attached hydrogen (secondary N) is 1. The number of aryl methyl sites for hydroxylation is 2. The van der Waals surface area contributed by atoms with Gasteiger partial charge in [0.15, 0.2) is 5.82 Å². The molecule has 0 bridgehead atoms. The third-order valence-corrected chi connectivity index (χ3v) is 4.89. The highest BCUT2D eigenvalue weighted by molar-refractivity contribution is 9.12. The molecule has 0 aliphatic rings. The summed E-state index contributed by atoms with van der Waals surface area (Å²) in [5.41, 5.74) is 5.17. The molecule has 0 aromatic carbocycles. The molecule has 0 unspecified atom stereocenters. The predicted molar refractivity (Wildman–Crippen MR) is 109 cm³/mol. The lowest BCUT2D eigenvalue weighted by Crippen LogP contribution is -1.95. The second kappa shape index (κ2) is 8.70. The Morgan fingerprint density at radius 1 is 1.38 bits per heavy atom. The van der Waals surface area contributed by atoms with Gasteiger partial charge in [-0.25, -0.2) is 9.97 Å². The molecule has 2 rings (SSSR count). The van der Waals surface area contributed by atoms with Crippen molar-refractivity contribution in [1.29, 1.82) is 0 Å². The number of hydrogen-bond acceptors (Lipinski definition) is 5. The van der Waals surface area contributed by atoms with Gasteiger partial charge in [-0.1, -0.05) is 30.9 Å². The van der Waals surface area contributed by atoms with Crippen molar-refractivity contribution in [3.05, 3.63) is 63.8 Å². The fourth-order valence-corrected chi connectivity index (χ4v) is 3.36. The Labute approximate surface area is 154 Å². The molecular weight excluding hydrogens is 384 g/mol. The van der Waals surface area contributed by atoms with Gasteiger partial charge in [0.1, 0.15) is 11.2 Å². The van der Waals surface area contributed by atoms with Crippen LogP contribution in [0.5, 0.6) is 0 Å². The van der Waals surface area contributed by atoms with Gasteiger partial charge >= 0.3 is 0 Å². The van der Waals surface area contributed by atoms with E-state index < -0.39 is 0 Å². The van der Waals surface area contributed by atoms with Crippen molar-refractivity contribution in [2.45, 2.75) is 20.8 Å². The van der Waals surface area contributed by atoms with Gasteiger partial charge in [-0.3, -0.25) is 5.43 Å². The van der Waals surface area contributed by atoms with E-state index in [0.29, 0.717) is 5.82 Å². The summed E-state index contributed by atoms with van der Waals surface area (Å²) < 4.78 is 0.828. The molecular formula is C18H19BrN4S. The first kappa shape index (κ1) is 18.3. The van der Waals surface area contributed by atoms with Crippen molar-refractivity contribution in [3.8, 4) is 0 Å². The van der Waals surface area contributed by atoms with Gasteiger partial charge in [-0.2, -0.15) is 5.10 Å². The molecule has 0 aliphatic heterocycles. The maximum atomic E-state index is 4.32. The van der Waals surface area contributed by atoms with E-state index in [-0.39, 0.29) is 0 Å². The Hall–Kier alpha value is -2.05. The zero-order chi connectivity index (χ0) is 17.5. The summed E-state index contributed by atoms with van der Waals surface area (Å²) in [6.45, 7) is 9.93. The Morgan fingerprint density at radius 3 is 2.88 bits per heavy atom. The average Bonchev–Trinajstić information content (AvgIpc) is 2.86. The summed E-state index contributed by atoms with van der Waals surface area (Å²) in [6, 6.07) is 0. The zero-order valence-corrected chi connectivity index (χ0v) is 16.3. The van der Waals surface area contributed by atoms with Gasteiger partial charge in [0.25, 0.3) is 0 Å². The van der Waals surface area contributed by atoms with Crippen molar-refractivity contribution >= 4 is 49.5 Å². The van der Waals surface area contributed by atoms with E-state index in [1.165, 1.54) is 10.4 Å². The summed E-state index contributed by atoms with van der Waals surface area (Å²) in [5, 5.41) is 5.28. The normalized spacial score (nSPS) is 13.3. The molecule has 0 atom stereocenters. The minimum Gasteiger partial charge on any atom is -0.261 e. The molecule has 0 saturated heterocycles. The van der Waals surface area contributed by atoms with E-state index >= 15 is 0 Å². The van der Waals surface area contributed by atoms with Gasteiger partial charge in [-0.15, -0.1) is 11.3 Å². The Kier molecular flexibility index (Phi) is 6.63. The van der Waals surface area contributed by atoms with E-state index in [1.54, 1.807) is 30.0 Å². The second-order valence-corrected chi connectivity index (χ2v) is 7.10. The monoisotopic (exact) mass is 402 g/mol. The number of thiophene rings is 1. The zero-order valence-electron chi connectivity index (χ0n) is 13.9. The Morgan fingerprint density at radius 2 is 2.17 bits per heavy atom. The number of nitrogens with zero attached hydrogens (tertiary/aromatic N) is 3. The minimum absolute atomic E-state index is 0.715. The smallest absolute Gasteiger partial charge is 0.158 e. The van der Waals surface area contributed by atoms with Crippen molar-refractivity contribution in [2.24, 2.45) is 5.10 Å². The Balaban J connectivity index is 2.18. The van der Waals surface area contributed by atoms with E-state index in [4.69, 9.17) is 0 Å². The maximum Gasteiger partial charge on any atom is 0.158 e. The first-order valence-electron chi connectivity index (χ1n) is 7.39. The van der Waals surface area contributed by atoms with E-state index in [9.17, 15) is 0 Å². The molecule has 0 amide bonds. The van der Waals surface area contributed by atoms with Gasteiger partial charge in [-0.05, 0) is 53.9 Å². The molecule has 0 radical (unpaired) electrons. The molecule has 0 spiro atoms. The van der Waals surface area contributed by atoms with Crippen LogP contribution in [0.3, 0.4) is 0 Å². The standard InChI is InChI=1S/C18H19BrN4S/c1-5-7-8-14(6-2)9-15(19)10-22-23-17-16-12(3)13(4)24-18(16)21-11-20-17/h5-11H,2H2,1,3-4H3,(H,20,21,23)/b7-5+,14-8+,15-9-,22-10+. The molecule has 0 saturated carbocycles. The lowest BCUT2D eigenvalue weighted by molar-refractivity contribution is 1.19. The third kappa shape index (κ3) is 4.49. The topological polar surface area (TPSA) is 50.2 Å². The molecule has 6 heteroatoms. The highest BCUT2D eigenvalue weighted by Gasteiger charge is 2.11. The lowest BCUT2D eigenvalue weighted by atomic mass is 10.2. The molecule has 0 aliphatic carbocycles. The van der Waals surface area contributed by atoms with Gasteiger partial charge in [0.05, 0.1) is 11.6 Å². The van der Waals surface area contributed by atoms with Crippen LogP contribution in [-0.4, -0.2) is 16.2 Å². The summed E-state index contributed by atoms with van der Waals surface area (Å²) in [4.78, 5) is 10.8. The number of hydrogen-bond donors (Lipinski definition) is 1. The number of rotatable bonds is 6. The van der Waals surface area contributed by atoms with Gasteiger partial charge < -0.3 is 0 Å². The first-order chi connectivity index (χ1) is 11.6. The quantitative estimate of drug-likeness (QED) is 0.384. The molecule has 0 fully saturated rings. The van der Waals surface area contributed by atoms with Crippen molar-refractivity contribution < 1.29 is 0 Å². The first-order valence-corrected chi connectivity index (χ1v) is 9.00. The number of anilines is 1. The fourth-order valence-electron chi connectivity index (χ4n) is 2.00. The molecule has 1 N–H and O–H groups in total. The van der Waals surface area contributed by atoms with E-state index in [2.05, 4.69) is 56.9 Å². The number of halogens is 1. The van der Waals surface area contributed by atoms with Crippen LogP contribution in [-0.2, 0) is 0 Å². The number of allylic oxidation sites excluding steroid dienone is 7. The van der Waals surface area contributed by atoms with Gasteiger partial charge in [0, 0.05) is 9.36 Å². The molecule has 2 heterocycles. The summed E-state index contributed by atoms with van der Waals surface area (Å²) in [7, 11) is 0. The molecule has 2 aromatic heterocycles. The van der Waals surface area contributed by atoms with Crippen molar-refractivity contribution in [3.63, 3.8) is 0 Å². The van der Waals surface area contributed by atoms with Crippen LogP contribution in [0.4, 0.5) is 5.82 Å². The third-order valence-electron chi connectivity index (χ3n) is 3.35. The summed E-state index contributed by atoms with van der Waals surface area (Å²) in [6.07, 6.45) is 12.9. The van der Waals surface area contributed by atoms with E-state index in [0.717, 1.165) is 20.3 Å². The minimum atomic E-state index is 0.715. The highest BCUT2D eigenvalue weighted by atomic mass is 79.9. The second-order valence-electron chi connectivity index (χ2n) is 4.98. The summed E-state index contributed by atoms with van der Waals surface area (Å²) >= 11 is 5.14. The van der Waals surface area contributed by atoms with Crippen LogP contribution in [0.2, 0.25) is 0 Å². The SMILES string of the molecule is C=CC(/C=C(Br)/C=N/Nc1ncnc2sc(C)c(C)c12)=C\C=C\C. The molecule has 124 valence electrons. The van der Waals surface area contributed by atoms with Crippen LogP contribution in [0.25, 0.3) is 10.2 Å². The highest BCUT2D eigenvalue weighted by Crippen LogP contribution is 2.32. The maximum absolute atomic E-state index is 4.32. The van der Waals surface area contributed by atoms with Crippen LogP contribution in [0.1, 0.15) is 17.4 Å². The number of fused-ring (bicyclic) bond motifs is 1. The van der Waals surface area contributed by atoms with Gasteiger partial charge in [0.2, 0.25) is 0 Å². The van der Waals surface area contributed by atoms with E-state index in [1.807, 2.05) is 31.2 Å². The fraction of sp³-hybridized carbons (Fsp3) is 0.167. The molecule has 2 aromatic rings. The van der Waals surface area contributed by atoms with Crippen LogP contribution >= 0.6 is 27.3 Å². The largest absolute Gasteiger partial charge is 0.261 e. The van der Waals surface area contributed by atoms with Crippen molar-refractivity contribution in [1.82, 2.24) is 9.97 Å². The van der Waals surface area contributed by atoms with Crippen LogP contribution in [0, 0.1) is 13.8 Å². The Bertz CT molecular complexity index is 859. The number of aromatic nitrogens is 2. The average molecular weight is 403 g/mol. The molecule has 4 nitrogen and oxygen atoms in total. The lowest BCUT2D eigenvalue weighted by Gasteiger charge is -2.01. The summed E-state index contributed by atoms with van der Waals surface area (Å²) in [5.74, 6) is 0.715. The predicted octanol–water partition coefficient (Wildman–Crippen LogP) is 5.67. The van der Waals surface area contributed by atoms with Crippen LogP contribution < -0.4 is 5.43 Å². The van der Waals surface area contributed by atoms with Crippen molar-refractivity contribution in [2.75, 3.05) is 5.43 Å².